The molecule has 12 rings (SSSR count). The number of hydrogen-bond acceptors (Lipinski definition) is 2. The van der Waals surface area contributed by atoms with Gasteiger partial charge in [-0.25, -0.2) is 0 Å². The molecule has 284 valence electrons. The molecular formula is C57H40N2S. The molecule has 0 spiro atoms. The van der Waals surface area contributed by atoms with Gasteiger partial charge in [0.2, 0.25) is 0 Å². The maximum atomic E-state index is 2.46. The van der Waals surface area contributed by atoms with Crippen molar-refractivity contribution >= 4 is 70.4 Å². The predicted octanol–water partition coefficient (Wildman–Crippen LogP) is 16.3. The molecule has 2 heterocycles. The Morgan fingerprint density at radius 1 is 0.417 bits per heavy atom. The number of hydrogen-bond donors (Lipinski definition) is 0. The molecule has 60 heavy (non-hydrogen) atoms. The van der Waals surface area contributed by atoms with Crippen LogP contribution in [-0.2, 0) is 5.41 Å². The molecule has 3 heteroatoms. The van der Waals surface area contributed by atoms with Crippen LogP contribution in [0.25, 0.3) is 81.0 Å². The van der Waals surface area contributed by atoms with E-state index in [0.717, 1.165) is 11.4 Å². The van der Waals surface area contributed by atoms with Gasteiger partial charge in [-0.15, -0.1) is 11.3 Å². The third-order valence-corrected chi connectivity index (χ3v) is 13.9. The Balaban J connectivity index is 1.02. The van der Waals surface area contributed by atoms with Crippen LogP contribution in [0.1, 0.15) is 25.0 Å². The van der Waals surface area contributed by atoms with Crippen molar-refractivity contribution in [2.75, 3.05) is 4.90 Å². The van der Waals surface area contributed by atoms with Crippen LogP contribution in [0.2, 0.25) is 0 Å². The largest absolute Gasteiger partial charge is 0.310 e. The van der Waals surface area contributed by atoms with Crippen LogP contribution in [0, 0.1) is 0 Å². The van der Waals surface area contributed by atoms with Crippen LogP contribution in [0.4, 0.5) is 17.1 Å². The summed E-state index contributed by atoms with van der Waals surface area (Å²) < 4.78 is 5.04. The van der Waals surface area contributed by atoms with Crippen LogP contribution >= 0.6 is 11.3 Å². The summed E-state index contributed by atoms with van der Waals surface area (Å²) in [5.41, 5.74) is 17.2. The zero-order chi connectivity index (χ0) is 40.0. The van der Waals surface area contributed by atoms with Gasteiger partial charge in [0.05, 0.1) is 16.7 Å². The molecule has 0 amide bonds. The molecular weight excluding hydrogens is 745 g/mol. The fraction of sp³-hybridized carbons (Fsp3) is 0.0526. The first-order valence-corrected chi connectivity index (χ1v) is 21.6. The highest BCUT2D eigenvalue weighted by Crippen LogP contribution is 2.51. The molecule has 0 bridgehead atoms. The fourth-order valence-corrected chi connectivity index (χ4v) is 11.0. The van der Waals surface area contributed by atoms with Gasteiger partial charge in [0, 0.05) is 53.4 Å². The molecule has 1 aliphatic carbocycles. The van der Waals surface area contributed by atoms with Crippen molar-refractivity contribution < 1.29 is 0 Å². The van der Waals surface area contributed by atoms with Crippen molar-refractivity contribution in [3.63, 3.8) is 0 Å². The fourth-order valence-electron chi connectivity index (χ4n) is 9.88. The van der Waals surface area contributed by atoms with Crippen molar-refractivity contribution in [2.45, 2.75) is 19.3 Å². The van der Waals surface area contributed by atoms with Gasteiger partial charge in [-0.05, 0) is 123 Å². The van der Waals surface area contributed by atoms with Gasteiger partial charge in [-0.1, -0.05) is 141 Å². The monoisotopic (exact) mass is 784 g/mol. The van der Waals surface area contributed by atoms with E-state index in [9.17, 15) is 0 Å². The average Bonchev–Trinajstić information content (AvgIpc) is 3.92. The maximum Gasteiger partial charge on any atom is 0.0554 e. The molecule has 0 aliphatic heterocycles. The molecule has 1 aliphatic rings. The lowest BCUT2D eigenvalue weighted by atomic mass is 9.82. The SMILES string of the molecule is CC1(C)c2ccccc2-c2cc3c4cc(-c5ccc(N(c6cccc(-c7ccccc7)c6)c6cccc7sc8ccccc8c67)cc5)ccc4n(-c4ccccc4)c3cc21. The van der Waals surface area contributed by atoms with E-state index in [1.807, 2.05) is 11.3 Å². The highest BCUT2D eigenvalue weighted by molar-refractivity contribution is 7.26. The number of fused-ring (bicyclic) bond motifs is 9. The lowest BCUT2D eigenvalue weighted by Gasteiger charge is -2.27. The third-order valence-electron chi connectivity index (χ3n) is 12.8. The normalized spacial score (nSPS) is 13.0. The summed E-state index contributed by atoms with van der Waals surface area (Å²) in [5, 5.41) is 5.11. The minimum Gasteiger partial charge on any atom is -0.310 e. The van der Waals surface area contributed by atoms with Crippen molar-refractivity contribution in [1.82, 2.24) is 4.57 Å². The molecule has 0 fully saturated rings. The molecule has 2 nitrogen and oxygen atoms in total. The van der Waals surface area contributed by atoms with E-state index < -0.39 is 0 Å². The van der Waals surface area contributed by atoms with Gasteiger partial charge < -0.3 is 9.47 Å². The molecule has 0 unspecified atom stereocenters. The lowest BCUT2D eigenvalue weighted by Crippen LogP contribution is -2.14. The van der Waals surface area contributed by atoms with E-state index >= 15 is 0 Å². The Kier molecular flexibility index (Phi) is 7.79. The Bertz CT molecular complexity index is 3450. The van der Waals surface area contributed by atoms with E-state index in [-0.39, 0.29) is 5.41 Å². The summed E-state index contributed by atoms with van der Waals surface area (Å²) in [5.74, 6) is 0. The van der Waals surface area contributed by atoms with Gasteiger partial charge >= 0.3 is 0 Å². The van der Waals surface area contributed by atoms with Crippen molar-refractivity contribution in [2.24, 2.45) is 0 Å². The minimum atomic E-state index is -0.0796. The van der Waals surface area contributed by atoms with Gasteiger partial charge in [0.1, 0.15) is 0 Å². The number of anilines is 3. The molecule has 0 saturated carbocycles. The first-order chi connectivity index (χ1) is 29.5. The second-order valence-corrected chi connectivity index (χ2v) is 17.6. The van der Waals surface area contributed by atoms with Gasteiger partial charge in [-0.3, -0.25) is 0 Å². The van der Waals surface area contributed by atoms with Crippen LogP contribution in [0.3, 0.4) is 0 Å². The summed E-state index contributed by atoms with van der Waals surface area (Å²) in [7, 11) is 0. The highest BCUT2D eigenvalue weighted by Gasteiger charge is 2.36. The number of benzene rings is 9. The Hall–Kier alpha value is -7.20. The lowest BCUT2D eigenvalue weighted by molar-refractivity contribution is 0.661. The first-order valence-electron chi connectivity index (χ1n) is 20.8. The van der Waals surface area contributed by atoms with Crippen molar-refractivity contribution in [3.05, 3.63) is 217 Å². The smallest absolute Gasteiger partial charge is 0.0554 e. The van der Waals surface area contributed by atoms with Crippen LogP contribution in [0.15, 0.2) is 206 Å². The topological polar surface area (TPSA) is 8.17 Å². The maximum absolute atomic E-state index is 2.46. The summed E-state index contributed by atoms with van der Waals surface area (Å²) >= 11 is 1.86. The molecule has 0 saturated heterocycles. The van der Waals surface area contributed by atoms with E-state index in [2.05, 4.69) is 230 Å². The third kappa shape index (κ3) is 5.33. The number of para-hydroxylation sites is 1. The zero-order valence-corrected chi connectivity index (χ0v) is 34.2. The van der Waals surface area contributed by atoms with E-state index in [1.165, 1.54) is 97.9 Å². The van der Waals surface area contributed by atoms with E-state index in [0.29, 0.717) is 0 Å². The predicted molar refractivity (Wildman–Crippen MR) is 257 cm³/mol. The molecule has 0 N–H and O–H groups in total. The zero-order valence-electron chi connectivity index (χ0n) is 33.4. The number of nitrogens with zero attached hydrogens (tertiary/aromatic N) is 2. The molecule has 9 aromatic carbocycles. The second kappa shape index (κ2) is 13.4. The summed E-state index contributed by atoms with van der Waals surface area (Å²) in [4.78, 5) is 2.44. The average molecular weight is 785 g/mol. The highest BCUT2D eigenvalue weighted by atomic mass is 32.1. The van der Waals surface area contributed by atoms with Crippen LogP contribution < -0.4 is 4.90 Å². The van der Waals surface area contributed by atoms with Gasteiger partial charge in [-0.2, -0.15) is 0 Å². The number of rotatable bonds is 6. The Morgan fingerprint density at radius 2 is 1.07 bits per heavy atom. The molecule has 0 atom stereocenters. The Labute approximate surface area is 353 Å². The number of thiophene rings is 1. The summed E-state index contributed by atoms with van der Waals surface area (Å²) in [6.45, 7) is 4.73. The van der Waals surface area contributed by atoms with E-state index in [1.54, 1.807) is 0 Å². The van der Waals surface area contributed by atoms with Crippen molar-refractivity contribution in [3.8, 4) is 39.1 Å². The first kappa shape index (κ1) is 34.8. The molecule has 2 aromatic heterocycles. The number of aromatic nitrogens is 1. The van der Waals surface area contributed by atoms with Crippen LogP contribution in [0.5, 0.6) is 0 Å². The summed E-state index contributed by atoms with van der Waals surface area (Å²) in [6, 6.07) is 76.0. The van der Waals surface area contributed by atoms with E-state index in [4.69, 9.17) is 0 Å². The van der Waals surface area contributed by atoms with Crippen molar-refractivity contribution in [1.29, 1.82) is 0 Å². The quantitative estimate of drug-likeness (QED) is 0.163. The van der Waals surface area contributed by atoms with Gasteiger partial charge in [0.15, 0.2) is 0 Å². The summed E-state index contributed by atoms with van der Waals surface area (Å²) in [6.07, 6.45) is 0. The molecule has 11 aromatic rings. The standard InChI is InChI=1S/C57H40N2S/c1-57(2)49-23-11-9-21-44(49)46-35-48-47-34-40(29-32-51(47)59(53(48)36-50(46)57)41-18-7-4-8-19-41)38-27-30-42(31-28-38)58(43-20-13-17-39(33-43)37-15-5-3-6-16-37)52-24-14-26-55-56(52)45-22-10-12-25-54(45)60-55/h3-36H,1-2H3. The Morgan fingerprint density at radius 3 is 1.92 bits per heavy atom. The van der Waals surface area contributed by atoms with Crippen LogP contribution in [-0.4, -0.2) is 4.57 Å². The molecule has 0 radical (unpaired) electrons. The minimum absolute atomic E-state index is 0.0796. The van der Waals surface area contributed by atoms with Gasteiger partial charge in [0.25, 0.3) is 0 Å². The second-order valence-electron chi connectivity index (χ2n) is 16.5.